The summed E-state index contributed by atoms with van der Waals surface area (Å²) in [5, 5.41) is 15.1. The second-order valence-corrected chi connectivity index (χ2v) is 6.95. The van der Waals surface area contributed by atoms with E-state index in [0.29, 0.717) is 11.7 Å². The lowest BCUT2D eigenvalue weighted by Gasteiger charge is -2.24. The Morgan fingerprint density at radius 1 is 1.65 bits per heavy atom. The van der Waals surface area contributed by atoms with Gasteiger partial charge in [0.25, 0.3) is 0 Å². The van der Waals surface area contributed by atoms with E-state index in [0.717, 1.165) is 17.7 Å². The molecule has 0 bridgehead atoms. The number of nitrogens with one attached hydrogen (secondary N) is 1. The molecule has 1 aromatic heterocycles. The van der Waals surface area contributed by atoms with E-state index in [4.69, 9.17) is 0 Å². The van der Waals surface area contributed by atoms with Crippen LogP contribution in [0.1, 0.15) is 39.3 Å². The Kier molecular flexibility index (Phi) is 4.34. The van der Waals surface area contributed by atoms with E-state index in [1.54, 1.807) is 13.8 Å². The Bertz CT molecular complexity index is 483. The van der Waals surface area contributed by atoms with Gasteiger partial charge in [-0.3, -0.25) is 9.69 Å². The lowest BCUT2D eigenvalue weighted by molar-refractivity contribution is -0.142. The van der Waals surface area contributed by atoms with E-state index in [9.17, 15) is 9.90 Å². The quantitative estimate of drug-likeness (QED) is 0.809. The maximum Gasteiger partial charge on any atom is 0.315 e. The fourth-order valence-electron chi connectivity index (χ4n) is 1.97. The molecule has 1 aliphatic carbocycles. The summed E-state index contributed by atoms with van der Waals surface area (Å²) in [7, 11) is 2.16. The minimum atomic E-state index is -0.938. The minimum absolute atomic E-state index is 0.447. The molecule has 5 nitrogen and oxygen atoms in total. The zero-order valence-electron chi connectivity index (χ0n) is 12.5. The number of nitrogens with zero attached hydrogens (tertiary/aromatic N) is 2. The molecule has 20 heavy (non-hydrogen) atoms. The van der Waals surface area contributed by atoms with Gasteiger partial charge in [-0.15, -0.1) is 11.3 Å². The van der Waals surface area contributed by atoms with Crippen molar-refractivity contribution in [2.45, 2.75) is 51.1 Å². The number of anilines is 1. The van der Waals surface area contributed by atoms with Crippen LogP contribution in [-0.2, 0) is 10.2 Å². The second-order valence-electron chi connectivity index (χ2n) is 6.09. The zero-order chi connectivity index (χ0) is 14.9. The van der Waals surface area contributed by atoms with Gasteiger partial charge in [-0.1, -0.05) is 0 Å². The summed E-state index contributed by atoms with van der Waals surface area (Å²) in [5.41, 5.74) is -0.326. The molecule has 1 heterocycles. The molecule has 0 radical (unpaired) electrons. The first-order valence-corrected chi connectivity index (χ1v) is 7.85. The van der Waals surface area contributed by atoms with Gasteiger partial charge < -0.3 is 10.4 Å². The van der Waals surface area contributed by atoms with Gasteiger partial charge in [-0.25, -0.2) is 4.98 Å². The average molecular weight is 297 g/mol. The Morgan fingerprint density at radius 3 is 2.85 bits per heavy atom. The van der Waals surface area contributed by atoms with Gasteiger partial charge >= 0.3 is 5.97 Å². The van der Waals surface area contributed by atoms with Crippen molar-refractivity contribution in [1.82, 2.24) is 9.88 Å². The Hall–Kier alpha value is -1.14. The summed E-state index contributed by atoms with van der Waals surface area (Å²) in [6.07, 6.45) is 2.60. The smallest absolute Gasteiger partial charge is 0.315 e. The summed E-state index contributed by atoms with van der Waals surface area (Å²) in [6, 6.07) is 1.19. The van der Waals surface area contributed by atoms with Crippen molar-refractivity contribution in [3.8, 4) is 0 Å². The summed E-state index contributed by atoms with van der Waals surface area (Å²) in [4.78, 5) is 18.0. The number of aliphatic carboxylic acids is 1. The lowest BCUT2D eigenvalue weighted by Crippen LogP contribution is -2.36. The highest BCUT2D eigenvalue weighted by Gasteiger charge is 2.32. The van der Waals surface area contributed by atoms with Crippen LogP contribution in [0.4, 0.5) is 5.13 Å². The number of thiazole rings is 1. The van der Waals surface area contributed by atoms with Crippen LogP contribution < -0.4 is 5.32 Å². The van der Waals surface area contributed by atoms with Crippen LogP contribution in [0.25, 0.3) is 0 Å². The number of carboxylic acid groups (broad SMARTS) is 1. The molecule has 1 fully saturated rings. The first-order chi connectivity index (χ1) is 9.32. The van der Waals surface area contributed by atoms with E-state index in [-0.39, 0.29) is 0 Å². The molecule has 2 rings (SSSR count). The summed E-state index contributed by atoms with van der Waals surface area (Å²) >= 11 is 1.47. The molecule has 1 aliphatic rings. The lowest BCUT2D eigenvalue weighted by atomic mass is 9.90. The third kappa shape index (κ3) is 3.30. The van der Waals surface area contributed by atoms with Crippen LogP contribution in [0, 0.1) is 0 Å². The van der Waals surface area contributed by atoms with Crippen molar-refractivity contribution in [3.05, 3.63) is 11.1 Å². The van der Waals surface area contributed by atoms with Gasteiger partial charge in [-0.05, 0) is 40.7 Å². The van der Waals surface area contributed by atoms with Crippen molar-refractivity contribution in [2.24, 2.45) is 0 Å². The molecule has 0 aliphatic heterocycles. The SMILES string of the molecule is CC(CNc1nc(C(C)(C)C(=O)O)cs1)N(C)C1CC1. The number of likely N-dealkylation sites (N-methyl/N-ethyl adjacent to an activating group) is 1. The molecule has 1 saturated carbocycles. The fourth-order valence-corrected chi connectivity index (χ4v) is 2.86. The number of hydrogen-bond donors (Lipinski definition) is 2. The van der Waals surface area contributed by atoms with E-state index in [2.05, 4.69) is 29.2 Å². The van der Waals surface area contributed by atoms with Gasteiger partial charge in [0.15, 0.2) is 5.13 Å². The number of hydrogen-bond acceptors (Lipinski definition) is 5. The predicted octanol–water partition coefficient (Wildman–Crippen LogP) is 2.40. The first-order valence-electron chi connectivity index (χ1n) is 6.97. The highest BCUT2D eigenvalue weighted by molar-refractivity contribution is 7.13. The Labute approximate surface area is 124 Å². The monoisotopic (exact) mass is 297 g/mol. The molecule has 112 valence electrons. The number of carboxylic acids is 1. The number of rotatable bonds is 7. The van der Waals surface area contributed by atoms with Crippen molar-refractivity contribution in [3.63, 3.8) is 0 Å². The minimum Gasteiger partial charge on any atom is -0.481 e. The molecule has 0 saturated heterocycles. The van der Waals surface area contributed by atoms with Crippen LogP contribution in [0.5, 0.6) is 0 Å². The summed E-state index contributed by atoms with van der Waals surface area (Å²) < 4.78 is 0. The van der Waals surface area contributed by atoms with Gasteiger partial charge in [0.1, 0.15) is 5.41 Å². The van der Waals surface area contributed by atoms with E-state index in [1.807, 2.05) is 5.38 Å². The van der Waals surface area contributed by atoms with Gasteiger partial charge in [-0.2, -0.15) is 0 Å². The highest BCUT2D eigenvalue weighted by Crippen LogP contribution is 2.29. The topological polar surface area (TPSA) is 65.5 Å². The largest absolute Gasteiger partial charge is 0.481 e. The number of aromatic nitrogens is 1. The molecule has 2 N–H and O–H groups in total. The Balaban J connectivity index is 1.91. The number of carbonyl (C=O) groups is 1. The van der Waals surface area contributed by atoms with Crippen molar-refractivity contribution >= 4 is 22.4 Å². The molecule has 1 unspecified atom stereocenters. The molecular weight excluding hydrogens is 274 g/mol. The van der Waals surface area contributed by atoms with Crippen molar-refractivity contribution in [1.29, 1.82) is 0 Å². The average Bonchev–Trinajstić information content (AvgIpc) is 3.13. The van der Waals surface area contributed by atoms with Crippen LogP contribution in [0.3, 0.4) is 0 Å². The normalized spacial score (nSPS) is 17.2. The third-order valence-electron chi connectivity index (χ3n) is 4.05. The zero-order valence-corrected chi connectivity index (χ0v) is 13.3. The predicted molar refractivity (Wildman–Crippen MR) is 81.5 cm³/mol. The first kappa shape index (κ1) is 15.3. The van der Waals surface area contributed by atoms with Crippen LogP contribution in [0.2, 0.25) is 0 Å². The second kappa shape index (κ2) is 5.69. The van der Waals surface area contributed by atoms with E-state index < -0.39 is 11.4 Å². The van der Waals surface area contributed by atoms with Crippen molar-refractivity contribution < 1.29 is 9.90 Å². The molecule has 0 amide bonds. The molecule has 1 aromatic rings. The molecule has 1 atom stereocenters. The van der Waals surface area contributed by atoms with E-state index in [1.165, 1.54) is 24.2 Å². The maximum atomic E-state index is 11.2. The summed E-state index contributed by atoms with van der Waals surface area (Å²) in [5.74, 6) is -0.851. The third-order valence-corrected chi connectivity index (χ3v) is 4.85. The summed E-state index contributed by atoms with van der Waals surface area (Å²) in [6.45, 7) is 6.38. The highest BCUT2D eigenvalue weighted by atomic mass is 32.1. The van der Waals surface area contributed by atoms with Gasteiger partial charge in [0.05, 0.1) is 5.69 Å². The molecule has 6 heteroatoms. The van der Waals surface area contributed by atoms with Gasteiger partial charge in [0, 0.05) is 24.0 Å². The standard InChI is InChI=1S/C14H23N3O2S/c1-9(17(4)10-5-6-10)7-15-13-16-11(8-20-13)14(2,3)12(18)19/h8-10H,5-7H2,1-4H3,(H,15,16)(H,18,19). The molecule has 0 aromatic carbocycles. The van der Waals surface area contributed by atoms with Crippen molar-refractivity contribution in [2.75, 3.05) is 18.9 Å². The van der Waals surface area contributed by atoms with Gasteiger partial charge in [0.2, 0.25) is 0 Å². The molecule has 0 spiro atoms. The molecular formula is C14H23N3O2S. The van der Waals surface area contributed by atoms with Crippen LogP contribution in [0.15, 0.2) is 5.38 Å². The van der Waals surface area contributed by atoms with Crippen LogP contribution in [-0.4, -0.2) is 46.6 Å². The Morgan fingerprint density at radius 2 is 2.30 bits per heavy atom. The van der Waals surface area contributed by atoms with E-state index >= 15 is 0 Å². The maximum absolute atomic E-state index is 11.2. The van der Waals surface area contributed by atoms with Crippen LogP contribution >= 0.6 is 11.3 Å². The fraction of sp³-hybridized carbons (Fsp3) is 0.714.